The molecule has 0 atom stereocenters. The van der Waals surface area contributed by atoms with E-state index in [1.807, 2.05) is 50.2 Å². The predicted octanol–water partition coefficient (Wildman–Crippen LogP) is 4.05. The lowest BCUT2D eigenvalue weighted by Crippen LogP contribution is -2.10. The molecule has 0 amide bonds. The van der Waals surface area contributed by atoms with Gasteiger partial charge >= 0.3 is 0 Å². The first-order chi connectivity index (χ1) is 13.0. The number of phenols is 1. The number of aromatic amines is 1. The molecule has 6 nitrogen and oxygen atoms in total. The van der Waals surface area contributed by atoms with Crippen molar-refractivity contribution >= 4 is 22.4 Å². The highest BCUT2D eigenvalue weighted by molar-refractivity contribution is 5.84. The van der Waals surface area contributed by atoms with Crippen LogP contribution in [0, 0.1) is 13.8 Å². The number of aromatic hydroxyl groups is 1. The van der Waals surface area contributed by atoms with Crippen LogP contribution in [0.3, 0.4) is 0 Å². The number of phenolic OH excluding ortho intramolecular Hbond substituents is 1. The SMILES string of the molecule is Cc1cc(-c2nc3ccc(Nc4ccccn4)cc3c(=O)[nH]2)cc(C)c1O. The van der Waals surface area contributed by atoms with E-state index in [0.717, 1.165) is 22.4 Å². The van der Waals surface area contributed by atoms with Crippen LogP contribution in [0.1, 0.15) is 11.1 Å². The number of H-pyrrole nitrogens is 1. The van der Waals surface area contributed by atoms with Crippen molar-refractivity contribution in [2.75, 3.05) is 5.32 Å². The Kier molecular flexibility index (Phi) is 4.08. The van der Waals surface area contributed by atoms with Crippen molar-refractivity contribution in [2.45, 2.75) is 13.8 Å². The second kappa shape index (κ2) is 6.57. The minimum absolute atomic E-state index is 0.219. The maximum absolute atomic E-state index is 12.6. The highest BCUT2D eigenvalue weighted by Crippen LogP contribution is 2.28. The third-order valence-electron chi connectivity index (χ3n) is 4.41. The van der Waals surface area contributed by atoms with E-state index < -0.39 is 0 Å². The smallest absolute Gasteiger partial charge is 0.259 e. The van der Waals surface area contributed by atoms with Gasteiger partial charge in [-0.1, -0.05) is 6.07 Å². The number of pyridine rings is 1. The molecule has 3 N–H and O–H groups in total. The van der Waals surface area contributed by atoms with Crippen LogP contribution >= 0.6 is 0 Å². The van der Waals surface area contributed by atoms with E-state index in [-0.39, 0.29) is 11.3 Å². The van der Waals surface area contributed by atoms with Crippen LogP contribution in [0.4, 0.5) is 11.5 Å². The van der Waals surface area contributed by atoms with Crippen molar-refractivity contribution in [1.29, 1.82) is 0 Å². The van der Waals surface area contributed by atoms with Crippen LogP contribution in [-0.4, -0.2) is 20.1 Å². The van der Waals surface area contributed by atoms with E-state index in [2.05, 4.69) is 20.3 Å². The number of nitrogens with one attached hydrogen (secondary N) is 2. The van der Waals surface area contributed by atoms with Crippen LogP contribution in [-0.2, 0) is 0 Å². The molecule has 0 saturated heterocycles. The van der Waals surface area contributed by atoms with Crippen molar-refractivity contribution in [3.8, 4) is 17.1 Å². The number of nitrogens with zero attached hydrogens (tertiary/aromatic N) is 2. The Labute approximate surface area is 155 Å². The molecule has 2 aromatic heterocycles. The van der Waals surface area contributed by atoms with E-state index in [4.69, 9.17) is 0 Å². The molecule has 2 aromatic carbocycles. The van der Waals surface area contributed by atoms with Crippen molar-refractivity contribution in [3.63, 3.8) is 0 Å². The zero-order chi connectivity index (χ0) is 19.0. The molecule has 0 aliphatic heterocycles. The summed E-state index contributed by atoms with van der Waals surface area (Å²) in [5.74, 6) is 1.43. The fourth-order valence-electron chi connectivity index (χ4n) is 3.03. The van der Waals surface area contributed by atoms with Gasteiger partial charge in [0.15, 0.2) is 0 Å². The van der Waals surface area contributed by atoms with Gasteiger partial charge in [-0.2, -0.15) is 0 Å². The van der Waals surface area contributed by atoms with E-state index in [1.165, 1.54) is 0 Å². The number of aromatic nitrogens is 3. The highest BCUT2D eigenvalue weighted by Gasteiger charge is 2.10. The zero-order valence-corrected chi connectivity index (χ0v) is 14.9. The predicted molar refractivity (Wildman–Crippen MR) is 106 cm³/mol. The molecular formula is C21H18N4O2. The van der Waals surface area contributed by atoms with Gasteiger partial charge in [-0.3, -0.25) is 4.79 Å². The van der Waals surface area contributed by atoms with Gasteiger partial charge in [0.05, 0.1) is 10.9 Å². The molecule has 0 bridgehead atoms. The lowest BCUT2D eigenvalue weighted by Gasteiger charge is -2.09. The van der Waals surface area contributed by atoms with Gasteiger partial charge in [-0.25, -0.2) is 9.97 Å². The minimum Gasteiger partial charge on any atom is -0.507 e. The second-order valence-corrected chi connectivity index (χ2v) is 6.45. The van der Waals surface area contributed by atoms with Gasteiger partial charge in [0, 0.05) is 17.4 Å². The molecule has 0 aliphatic rings. The lowest BCUT2D eigenvalue weighted by atomic mass is 10.1. The molecule has 4 aromatic rings. The fourth-order valence-corrected chi connectivity index (χ4v) is 3.03. The molecule has 0 unspecified atom stereocenters. The summed E-state index contributed by atoms with van der Waals surface area (Å²) in [6, 6.07) is 14.6. The Hall–Kier alpha value is -3.67. The van der Waals surface area contributed by atoms with E-state index in [0.29, 0.717) is 22.5 Å². The van der Waals surface area contributed by atoms with Gasteiger partial charge in [-0.05, 0) is 67.4 Å². The van der Waals surface area contributed by atoms with E-state index >= 15 is 0 Å². The average molecular weight is 358 g/mol. The first-order valence-corrected chi connectivity index (χ1v) is 8.54. The summed E-state index contributed by atoms with van der Waals surface area (Å²) in [7, 11) is 0. The molecular weight excluding hydrogens is 340 g/mol. The highest BCUT2D eigenvalue weighted by atomic mass is 16.3. The van der Waals surface area contributed by atoms with Crippen molar-refractivity contribution in [3.05, 3.63) is 76.2 Å². The molecule has 27 heavy (non-hydrogen) atoms. The van der Waals surface area contributed by atoms with Gasteiger partial charge in [0.25, 0.3) is 5.56 Å². The van der Waals surface area contributed by atoms with Gasteiger partial charge in [0.1, 0.15) is 17.4 Å². The Morgan fingerprint density at radius 3 is 2.52 bits per heavy atom. The Bertz CT molecular complexity index is 1180. The number of anilines is 2. The van der Waals surface area contributed by atoms with Crippen molar-refractivity contribution in [1.82, 2.24) is 15.0 Å². The molecule has 0 radical (unpaired) electrons. The number of aryl methyl sites for hydroxylation is 2. The number of rotatable bonds is 3. The molecule has 6 heteroatoms. The first kappa shape index (κ1) is 16.8. The summed E-state index contributed by atoms with van der Waals surface area (Å²) in [5, 5.41) is 13.6. The Morgan fingerprint density at radius 1 is 1.04 bits per heavy atom. The van der Waals surface area contributed by atoms with E-state index in [1.54, 1.807) is 18.3 Å². The molecule has 0 fully saturated rings. The molecule has 4 rings (SSSR count). The number of hydrogen-bond acceptors (Lipinski definition) is 5. The Morgan fingerprint density at radius 2 is 1.81 bits per heavy atom. The van der Waals surface area contributed by atoms with Crippen LogP contribution in [0.2, 0.25) is 0 Å². The van der Waals surface area contributed by atoms with E-state index in [9.17, 15) is 9.90 Å². The second-order valence-electron chi connectivity index (χ2n) is 6.45. The zero-order valence-electron chi connectivity index (χ0n) is 14.9. The molecule has 0 saturated carbocycles. The molecule has 2 heterocycles. The van der Waals surface area contributed by atoms with Crippen molar-refractivity contribution in [2.24, 2.45) is 0 Å². The third-order valence-corrected chi connectivity index (χ3v) is 4.41. The Balaban J connectivity index is 1.77. The van der Waals surface area contributed by atoms with Crippen LogP contribution in [0.15, 0.2) is 59.5 Å². The van der Waals surface area contributed by atoms with Crippen molar-refractivity contribution < 1.29 is 5.11 Å². The first-order valence-electron chi connectivity index (χ1n) is 8.54. The summed E-state index contributed by atoms with van der Waals surface area (Å²) in [6.45, 7) is 3.64. The standard InChI is InChI=1S/C21H18N4O2/c1-12-9-14(10-13(2)19(12)26)20-24-17-7-6-15(11-16(17)21(27)25-20)23-18-5-3-4-8-22-18/h3-11,26H,1-2H3,(H,22,23)(H,24,25,27). The monoisotopic (exact) mass is 358 g/mol. The minimum atomic E-state index is -0.219. The molecule has 0 spiro atoms. The largest absolute Gasteiger partial charge is 0.507 e. The maximum atomic E-state index is 12.6. The molecule has 134 valence electrons. The fraction of sp³-hybridized carbons (Fsp3) is 0.0952. The van der Waals surface area contributed by atoms with Crippen LogP contribution in [0.5, 0.6) is 5.75 Å². The lowest BCUT2D eigenvalue weighted by molar-refractivity contribution is 0.467. The summed E-state index contributed by atoms with van der Waals surface area (Å²) >= 11 is 0. The number of fused-ring (bicyclic) bond motifs is 1. The van der Waals surface area contributed by atoms with Gasteiger partial charge < -0.3 is 15.4 Å². The van der Waals surface area contributed by atoms with Gasteiger partial charge in [0.2, 0.25) is 0 Å². The summed E-state index contributed by atoms with van der Waals surface area (Å²) in [4.78, 5) is 24.3. The average Bonchev–Trinajstić information content (AvgIpc) is 2.67. The summed E-state index contributed by atoms with van der Waals surface area (Å²) in [6.07, 6.45) is 1.70. The van der Waals surface area contributed by atoms with Crippen LogP contribution in [0.25, 0.3) is 22.3 Å². The maximum Gasteiger partial charge on any atom is 0.259 e. The number of hydrogen-bond donors (Lipinski definition) is 3. The quantitative estimate of drug-likeness (QED) is 0.514. The number of benzene rings is 2. The molecule has 0 aliphatic carbocycles. The third kappa shape index (κ3) is 3.25. The topological polar surface area (TPSA) is 90.9 Å². The summed E-state index contributed by atoms with van der Waals surface area (Å²) in [5.41, 5.74) is 3.38. The van der Waals surface area contributed by atoms with Crippen LogP contribution < -0.4 is 10.9 Å². The normalized spacial score (nSPS) is 10.9. The summed E-state index contributed by atoms with van der Waals surface area (Å²) < 4.78 is 0. The van der Waals surface area contributed by atoms with Gasteiger partial charge in [-0.15, -0.1) is 0 Å².